The topological polar surface area (TPSA) is 21.3 Å². The molecule has 88 valence electrons. The van der Waals surface area contributed by atoms with E-state index >= 15 is 0 Å². The Kier molecular flexibility index (Phi) is 5.06. The van der Waals surface area contributed by atoms with E-state index in [-0.39, 0.29) is 0 Å². The molecule has 0 saturated heterocycles. The highest BCUT2D eigenvalue weighted by atomic mass is 16.5. The molecule has 0 aromatic heterocycles. The Balaban J connectivity index is 2.66. The van der Waals surface area contributed by atoms with E-state index in [2.05, 4.69) is 31.0 Å². The molecule has 0 aliphatic heterocycles. The minimum absolute atomic E-state index is 0.391. The largest absolute Gasteiger partial charge is 0.497 e. The van der Waals surface area contributed by atoms with Gasteiger partial charge in [-0.1, -0.05) is 17.7 Å². The van der Waals surface area contributed by atoms with Crippen LogP contribution >= 0.6 is 0 Å². The van der Waals surface area contributed by atoms with E-state index in [4.69, 9.17) is 4.74 Å². The van der Waals surface area contributed by atoms with Crippen molar-refractivity contribution >= 4 is 0 Å². The molecule has 0 spiro atoms. The van der Waals surface area contributed by atoms with E-state index in [9.17, 15) is 0 Å². The van der Waals surface area contributed by atoms with Crippen molar-refractivity contribution in [2.24, 2.45) is 0 Å². The molecule has 1 rings (SSSR count). The first-order valence-corrected chi connectivity index (χ1v) is 5.63. The number of hydrogen-bond donors (Lipinski definition) is 1. The Morgan fingerprint density at radius 3 is 2.44 bits per heavy atom. The lowest BCUT2D eigenvalue weighted by Gasteiger charge is -2.16. The van der Waals surface area contributed by atoms with Crippen LogP contribution < -0.4 is 10.1 Å². The summed E-state index contributed by atoms with van der Waals surface area (Å²) in [6.07, 6.45) is 2.13. The predicted octanol–water partition coefficient (Wildman–Crippen LogP) is 3.31. The van der Waals surface area contributed by atoms with Gasteiger partial charge in [-0.3, -0.25) is 0 Å². The third-order valence-electron chi connectivity index (χ3n) is 2.73. The van der Waals surface area contributed by atoms with Crippen molar-refractivity contribution in [1.82, 2.24) is 5.32 Å². The fourth-order valence-electron chi connectivity index (χ4n) is 1.70. The predicted molar refractivity (Wildman–Crippen MR) is 68.8 cm³/mol. The maximum absolute atomic E-state index is 5.15. The molecule has 0 fully saturated rings. The number of methoxy groups -OCH3 is 1. The molecule has 0 saturated carbocycles. The number of nitrogens with one attached hydrogen (secondary N) is 1. The number of benzene rings is 1. The highest BCUT2D eigenvalue weighted by Gasteiger charge is 2.08. The summed E-state index contributed by atoms with van der Waals surface area (Å²) >= 11 is 0. The van der Waals surface area contributed by atoms with Gasteiger partial charge >= 0.3 is 0 Å². The van der Waals surface area contributed by atoms with E-state index in [1.165, 1.54) is 11.1 Å². The SMILES string of the molecule is C=C(C)CCC(NC)c1ccc(OC)cc1. The molecule has 1 aromatic carbocycles. The van der Waals surface area contributed by atoms with Crippen LogP contribution in [0.1, 0.15) is 31.4 Å². The van der Waals surface area contributed by atoms with Crippen LogP contribution in [-0.2, 0) is 0 Å². The monoisotopic (exact) mass is 219 g/mol. The zero-order chi connectivity index (χ0) is 12.0. The Hall–Kier alpha value is -1.28. The molecule has 0 radical (unpaired) electrons. The molecule has 16 heavy (non-hydrogen) atoms. The highest BCUT2D eigenvalue weighted by molar-refractivity contribution is 5.29. The second kappa shape index (κ2) is 6.33. The Labute approximate surface area is 98.3 Å². The third-order valence-corrected chi connectivity index (χ3v) is 2.73. The van der Waals surface area contributed by atoms with Gasteiger partial charge in [0.1, 0.15) is 5.75 Å². The van der Waals surface area contributed by atoms with Crippen molar-refractivity contribution < 1.29 is 4.74 Å². The molecule has 2 nitrogen and oxygen atoms in total. The molecule has 1 atom stereocenters. The first-order chi connectivity index (χ1) is 7.67. The summed E-state index contributed by atoms with van der Waals surface area (Å²) in [5.41, 5.74) is 2.53. The summed E-state index contributed by atoms with van der Waals surface area (Å²) in [6.45, 7) is 6.00. The lowest BCUT2D eigenvalue weighted by Crippen LogP contribution is -2.16. The van der Waals surface area contributed by atoms with Crippen LogP contribution in [0.2, 0.25) is 0 Å². The van der Waals surface area contributed by atoms with Crippen LogP contribution in [0.3, 0.4) is 0 Å². The maximum Gasteiger partial charge on any atom is 0.118 e. The van der Waals surface area contributed by atoms with Crippen molar-refractivity contribution in [3.8, 4) is 5.75 Å². The summed E-state index contributed by atoms with van der Waals surface area (Å²) in [7, 11) is 3.68. The third kappa shape index (κ3) is 3.70. The molecule has 0 aliphatic rings. The molecule has 0 amide bonds. The second-order valence-electron chi connectivity index (χ2n) is 4.11. The summed E-state index contributed by atoms with van der Waals surface area (Å²) in [5.74, 6) is 0.901. The fraction of sp³-hybridized carbons (Fsp3) is 0.429. The smallest absolute Gasteiger partial charge is 0.118 e. The average Bonchev–Trinajstić information content (AvgIpc) is 2.30. The van der Waals surface area contributed by atoms with Crippen molar-refractivity contribution in [2.45, 2.75) is 25.8 Å². The van der Waals surface area contributed by atoms with E-state index in [0.717, 1.165) is 18.6 Å². The summed E-state index contributed by atoms with van der Waals surface area (Å²) in [4.78, 5) is 0. The summed E-state index contributed by atoms with van der Waals surface area (Å²) < 4.78 is 5.15. The van der Waals surface area contributed by atoms with Gasteiger partial charge in [-0.05, 0) is 44.5 Å². The minimum Gasteiger partial charge on any atom is -0.497 e. The van der Waals surface area contributed by atoms with Gasteiger partial charge in [0.25, 0.3) is 0 Å². The molecule has 0 aliphatic carbocycles. The van der Waals surface area contributed by atoms with Crippen molar-refractivity contribution in [3.63, 3.8) is 0 Å². The Bertz CT molecular complexity index is 329. The lowest BCUT2D eigenvalue weighted by atomic mass is 10.00. The van der Waals surface area contributed by atoms with Gasteiger partial charge in [0.2, 0.25) is 0 Å². The zero-order valence-corrected chi connectivity index (χ0v) is 10.4. The molecular weight excluding hydrogens is 198 g/mol. The van der Waals surface area contributed by atoms with E-state index < -0.39 is 0 Å². The quantitative estimate of drug-likeness (QED) is 0.741. The molecule has 1 N–H and O–H groups in total. The van der Waals surface area contributed by atoms with Crippen molar-refractivity contribution in [3.05, 3.63) is 42.0 Å². The summed E-state index contributed by atoms with van der Waals surface area (Å²) in [6, 6.07) is 8.61. The van der Waals surface area contributed by atoms with E-state index in [1.807, 2.05) is 19.2 Å². The molecule has 2 heteroatoms. The molecule has 0 heterocycles. The highest BCUT2D eigenvalue weighted by Crippen LogP contribution is 2.22. The van der Waals surface area contributed by atoms with Crippen LogP contribution in [0.5, 0.6) is 5.75 Å². The van der Waals surface area contributed by atoms with Gasteiger partial charge in [0, 0.05) is 6.04 Å². The van der Waals surface area contributed by atoms with Crippen LogP contribution in [0, 0.1) is 0 Å². The van der Waals surface area contributed by atoms with Crippen LogP contribution in [-0.4, -0.2) is 14.2 Å². The average molecular weight is 219 g/mol. The number of rotatable bonds is 6. The number of allylic oxidation sites excluding steroid dienone is 1. The Morgan fingerprint density at radius 1 is 1.38 bits per heavy atom. The van der Waals surface area contributed by atoms with Gasteiger partial charge in [0.05, 0.1) is 7.11 Å². The van der Waals surface area contributed by atoms with Gasteiger partial charge in [-0.2, -0.15) is 0 Å². The van der Waals surface area contributed by atoms with Gasteiger partial charge < -0.3 is 10.1 Å². The first kappa shape index (κ1) is 12.8. The first-order valence-electron chi connectivity index (χ1n) is 5.63. The molecule has 1 unspecified atom stereocenters. The van der Waals surface area contributed by atoms with Gasteiger partial charge in [0.15, 0.2) is 0 Å². The van der Waals surface area contributed by atoms with Gasteiger partial charge in [-0.15, -0.1) is 6.58 Å². The standard InChI is InChI=1S/C14H21NO/c1-11(2)5-10-14(15-3)12-6-8-13(16-4)9-7-12/h6-9,14-15H,1,5,10H2,2-4H3. The van der Waals surface area contributed by atoms with Crippen LogP contribution in [0.25, 0.3) is 0 Å². The van der Waals surface area contributed by atoms with Crippen molar-refractivity contribution in [1.29, 1.82) is 0 Å². The molecule has 0 bridgehead atoms. The lowest BCUT2D eigenvalue weighted by molar-refractivity contribution is 0.414. The van der Waals surface area contributed by atoms with E-state index in [1.54, 1.807) is 7.11 Å². The molecular formula is C14H21NO. The minimum atomic E-state index is 0.391. The summed E-state index contributed by atoms with van der Waals surface area (Å²) in [5, 5.41) is 3.33. The second-order valence-corrected chi connectivity index (χ2v) is 4.11. The van der Waals surface area contributed by atoms with Crippen molar-refractivity contribution in [2.75, 3.05) is 14.2 Å². The fourth-order valence-corrected chi connectivity index (χ4v) is 1.70. The molecule has 1 aromatic rings. The van der Waals surface area contributed by atoms with Gasteiger partial charge in [-0.25, -0.2) is 0 Å². The Morgan fingerprint density at radius 2 is 2.00 bits per heavy atom. The van der Waals surface area contributed by atoms with Crippen LogP contribution in [0.15, 0.2) is 36.4 Å². The normalized spacial score (nSPS) is 12.2. The maximum atomic E-state index is 5.15. The number of hydrogen-bond acceptors (Lipinski definition) is 2. The van der Waals surface area contributed by atoms with E-state index in [0.29, 0.717) is 6.04 Å². The van der Waals surface area contributed by atoms with Crippen LogP contribution in [0.4, 0.5) is 0 Å². The zero-order valence-electron chi connectivity index (χ0n) is 10.4. The number of ether oxygens (including phenoxy) is 1.